The van der Waals surface area contributed by atoms with Gasteiger partial charge in [-0.3, -0.25) is 4.79 Å². The minimum absolute atomic E-state index is 0.0154. The number of ether oxygens (including phenoxy) is 2. The van der Waals surface area contributed by atoms with Gasteiger partial charge < -0.3 is 20.1 Å². The molecule has 0 aliphatic carbocycles. The molecule has 116 valence electrons. The molecular formula is C15H21ClN2O3. The molecule has 21 heavy (non-hydrogen) atoms. The maximum absolute atomic E-state index is 11.4. The van der Waals surface area contributed by atoms with E-state index >= 15 is 0 Å². The lowest BCUT2D eigenvalue weighted by atomic mass is 10.2. The second-order valence-corrected chi connectivity index (χ2v) is 5.63. The molecule has 6 heteroatoms. The number of halogens is 1. The van der Waals surface area contributed by atoms with Gasteiger partial charge in [0.1, 0.15) is 13.2 Å². The van der Waals surface area contributed by atoms with E-state index in [-0.39, 0.29) is 11.8 Å². The van der Waals surface area contributed by atoms with E-state index in [0.717, 1.165) is 5.56 Å². The highest BCUT2D eigenvalue weighted by molar-refractivity contribution is 6.32. The molecule has 0 aromatic heterocycles. The molecule has 0 spiro atoms. The summed E-state index contributed by atoms with van der Waals surface area (Å²) < 4.78 is 11.0. The molecule has 1 aliphatic heterocycles. The van der Waals surface area contributed by atoms with Crippen molar-refractivity contribution >= 4 is 17.5 Å². The summed E-state index contributed by atoms with van der Waals surface area (Å²) in [4.78, 5) is 11.4. The molecular weight excluding hydrogens is 292 g/mol. The van der Waals surface area contributed by atoms with Crippen LogP contribution < -0.4 is 20.1 Å². The molecule has 2 rings (SSSR count). The lowest BCUT2D eigenvalue weighted by molar-refractivity contribution is -0.123. The van der Waals surface area contributed by atoms with Crippen molar-refractivity contribution in [2.24, 2.45) is 5.92 Å². The third kappa shape index (κ3) is 4.51. The van der Waals surface area contributed by atoms with Gasteiger partial charge in [0.15, 0.2) is 11.5 Å². The Morgan fingerprint density at radius 1 is 1.29 bits per heavy atom. The van der Waals surface area contributed by atoms with Crippen LogP contribution in [0.2, 0.25) is 5.02 Å². The second-order valence-electron chi connectivity index (χ2n) is 5.22. The van der Waals surface area contributed by atoms with Gasteiger partial charge >= 0.3 is 0 Å². The van der Waals surface area contributed by atoms with Crippen molar-refractivity contribution in [1.29, 1.82) is 0 Å². The van der Waals surface area contributed by atoms with Gasteiger partial charge in [-0.25, -0.2) is 0 Å². The first-order valence-electron chi connectivity index (χ1n) is 7.14. The minimum Gasteiger partial charge on any atom is -0.486 e. The van der Waals surface area contributed by atoms with Gasteiger partial charge in [0.05, 0.1) is 5.02 Å². The van der Waals surface area contributed by atoms with Gasteiger partial charge in [-0.1, -0.05) is 25.4 Å². The molecule has 1 aliphatic rings. The molecule has 0 bridgehead atoms. The van der Waals surface area contributed by atoms with Crippen LogP contribution in [-0.2, 0) is 11.3 Å². The van der Waals surface area contributed by atoms with E-state index < -0.39 is 0 Å². The topological polar surface area (TPSA) is 59.6 Å². The zero-order valence-electron chi connectivity index (χ0n) is 12.4. The largest absolute Gasteiger partial charge is 0.486 e. The number of hydrogen-bond donors (Lipinski definition) is 2. The highest BCUT2D eigenvalue weighted by Crippen LogP contribution is 2.38. The Labute approximate surface area is 130 Å². The standard InChI is InChI=1S/C15H21ClN2O3/c1-10(2)15(19)18-4-3-17-9-11-7-12(16)14-13(8-11)20-5-6-21-14/h7-8,10,17H,3-6,9H2,1-2H3,(H,18,19). The zero-order chi connectivity index (χ0) is 15.2. The van der Waals surface area contributed by atoms with E-state index in [9.17, 15) is 4.79 Å². The number of amides is 1. The first-order chi connectivity index (χ1) is 10.1. The Kier molecular flexibility index (Phi) is 5.70. The molecule has 0 radical (unpaired) electrons. The average molecular weight is 313 g/mol. The van der Waals surface area contributed by atoms with Crippen LogP contribution in [0.1, 0.15) is 19.4 Å². The van der Waals surface area contributed by atoms with E-state index in [1.165, 1.54) is 0 Å². The number of hydrogen-bond acceptors (Lipinski definition) is 4. The summed E-state index contributed by atoms with van der Waals surface area (Å²) in [6.45, 7) is 6.79. The Balaban J connectivity index is 1.79. The van der Waals surface area contributed by atoms with Gasteiger partial charge in [-0.2, -0.15) is 0 Å². The Morgan fingerprint density at radius 2 is 2.05 bits per heavy atom. The van der Waals surface area contributed by atoms with Gasteiger partial charge in [0.2, 0.25) is 5.91 Å². The average Bonchev–Trinajstić information content (AvgIpc) is 2.46. The molecule has 1 amide bonds. The summed E-state index contributed by atoms with van der Waals surface area (Å²) in [6.07, 6.45) is 0. The molecule has 0 saturated heterocycles. The number of carbonyl (C=O) groups is 1. The molecule has 0 fully saturated rings. The van der Waals surface area contributed by atoms with Crippen LogP contribution in [-0.4, -0.2) is 32.2 Å². The van der Waals surface area contributed by atoms with Gasteiger partial charge in [-0.15, -0.1) is 0 Å². The summed E-state index contributed by atoms with van der Waals surface area (Å²) in [5, 5.41) is 6.68. The quantitative estimate of drug-likeness (QED) is 0.789. The number of fused-ring (bicyclic) bond motifs is 1. The monoisotopic (exact) mass is 312 g/mol. The highest BCUT2D eigenvalue weighted by atomic mass is 35.5. The Morgan fingerprint density at radius 3 is 2.81 bits per heavy atom. The first kappa shape index (κ1) is 15.9. The van der Waals surface area contributed by atoms with Crippen LogP contribution in [0.3, 0.4) is 0 Å². The second kappa shape index (κ2) is 7.52. The van der Waals surface area contributed by atoms with Crippen molar-refractivity contribution in [3.63, 3.8) is 0 Å². The van der Waals surface area contributed by atoms with Crippen LogP contribution >= 0.6 is 11.6 Å². The SMILES string of the molecule is CC(C)C(=O)NCCNCc1cc(Cl)c2c(c1)OCCO2. The summed E-state index contributed by atoms with van der Waals surface area (Å²) >= 11 is 6.17. The van der Waals surface area contributed by atoms with Gasteiger partial charge in [-0.05, 0) is 17.7 Å². The predicted molar refractivity (Wildman–Crippen MR) is 82.0 cm³/mol. The summed E-state index contributed by atoms with van der Waals surface area (Å²) in [6, 6.07) is 3.80. The van der Waals surface area contributed by atoms with E-state index in [0.29, 0.717) is 49.4 Å². The molecule has 1 aromatic carbocycles. The lowest BCUT2D eigenvalue weighted by Gasteiger charge is -2.20. The van der Waals surface area contributed by atoms with Crippen LogP contribution in [0, 0.1) is 5.92 Å². The Hall–Kier alpha value is -1.46. The first-order valence-corrected chi connectivity index (χ1v) is 7.52. The van der Waals surface area contributed by atoms with Crippen LogP contribution in [0.25, 0.3) is 0 Å². The van der Waals surface area contributed by atoms with Crippen LogP contribution in [0.4, 0.5) is 0 Å². The molecule has 0 saturated carbocycles. The normalized spacial score (nSPS) is 13.3. The number of carbonyl (C=O) groups excluding carboxylic acids is 1. The summed E-state index contributed by atoms with van der Waals surface area (Å²) in [5.74, 6) is 1.40. The number of nitrogens with one attached hydrogen (secondary N) is 2. The van der Waals surface area contributed by atoms with Crippen molar-refractivity contribution in [1.82, 2.24) is 10.6 Å². The molecule has 0 atom stereocenters. The Bertz CT molecular complexity index is 506. The highest BCUT2D eigenvalue weighted by Gasteiger charge is 2.16. The van der Waals surface area contributed by atoms with E-state index in [1.54, 1.807) is 0 Å². The fourth-order valence-electron chi connectivity index (χ4n) is 1.98. The van der Waals surface area contributed by atoms with Crippen molar-refractivity contribution in [3.05, 3.63) is 22.7 Å². The molecule has 2 N–H and O–H groups in total. The maximum atomic E-state index is 11.4. The molecule has 5 nitrogen and oxygen atoms in total. The van der Waals surface area contributed by atoms with Gasteiger partial charge in [0, 0.05) is 25.6 Å². The number of benzene rings is 1. The van der Waals surface area contributed by atoms with Crippen LogP contribution in [0.15, 0.2) is 12.1 Å². The maximum Gasteiger partial charge on any atom is 0.222 e. The van der Waals surface area contributed by atoms with Crippen molar-refractivity contribution < 1.29 is 14.3 Å². The third-order valence-electron chi connectivity index (χ3n) is 3.11. The number of rotatable bonds is 6. The minimum atomic E-state index is 0.0154. The van der Waals surface area contributed by atoms with Crippen molar-refractivity contribution in [2.75, 3.05) is 26.3 Å². The van der Waals surface area contributed by atoms with Crippen molar-refractivity contribution in [3.8, 4) is 11.5 Å². The molecule has 1 heterocycles. The molecule has 1 aromatic rings. The van der Waals surface area contributed by atoms with Crippen molar-refractivity contribution in [2.45, 2.75) is 20.4 Å². The van der Waals surface area contributed by atoms with Gasteiger partial charge in [0.25, 0.3) is 0 Å². The summed E-state index contributed by atoms with van der Waals surface area (Å²) in [5.41, 5.74) is 1.03. The summed E-state index contributed by atoms with van der Waals surface area (Å²) in [7, 11) is 0. The zero-order valence-corrected chi connectivity index (χ0v) is 13.1. The third-order valence-corrected chi connectivity index (χ3v) is 3.39. The van der Waals surface area contributed by atoms with E-state index in [4.69, 9.17) is 21.1 Å². The van der Waals surface area contributed by atoms with E-state index in [1.807, 2.05) is 26.0 Å². The fraction of sp³-hybridized carbons (Fsp3) is 0.533. The van der Waals surface area contributed by atoms with E-state index in [2.05, 4.69) is 10.6 Å². The fourth-order valence-corrected chi connectivity index (χ4v) is 2.27. The lowest BCUT2D eigenvalue weighted by Crippen LogP contribution is -2.34. The smallest absolute Gasteiger partial charge is 0.222 e. The molecule has 0 unspecified atom stereocenters. The van der Waals surface area contributed by atoms with Crippen LogP contribution in [0.5, 0.6) is 11.5 Å². The predicted octanol–water partition coefficient (Wildman–Crippen LogP) is 1.97.